The molecule has 12 heteroatoms. The van der Waals surface area contributed by atoms with Crippen molar-refractivity contribution in [2.45, 2.75) is 84.0 Å². The highest BCUT2D eigenvalue weighted by atomic mass is 16.4. The first-order valence-electron chi connectivity index (χ1n) is 11.2. The quantitative estimate of drug-likeness (QED) is 0.131. The van der Waals surface area contributed by atoms with Crippen LogP contribution < -0.4 is 33.2 Å². The molecule has 5 unspecified atom stereocenters. The van der Waals surface area contributed by atoms with Crippen molar-refractivity contribution in [2.75, 3.05) is 6.54 Å². The highest BCUT2D eigenvalue weighted by Crippen LogP contribution is 2.11. The van der Waals surface area contributed by atoms with Crippen LogP contribution in [0.15, 0.2) is 0 Å². The largest absolute Gasteiger partial charge is 0.480 e. The molecule has 0 aliphatic carbocycles. The molecule has 5 atom stereocenters. The number of rotatable bonds is 16. The van der Waals surface area contributed by atoms with E-state index < -0.39 is 53.8 Å². The van der Waals surface area contributed by atoms with Gasteiger partial charge in [-0.15, -0.1) is 0 Å². The van der Waals surface area contributed by atoms with Crippen molar-refractivity contribution in [3.63, 3.8) is 0 Å². The predicted molar refractivity (Wildman–Crippen MR) is 122 cm³/mol. The molecule has 33 heavy (non-hydrogen) atoms. The van der Waals surface area contributed by atoms with Crippen molar-refractivity contribution in [2.24, 2.45) is 29.0 Å². The van der Waals surface area contributed by atoms with Gasteiger partial charge in [0.2, 0.25) is 23.6 Å². The first-order chi connectivity index (χ1) is 15.3. The van der Waals surface area contributed by atoms with Gasteiger partial charge in [-0.2, -0.15) is 0 Å². The number of primary amides is 1. The maximum absolute atomic E-state index is 13.0. The normalized spacial score (nSPS) is 15.6. The van der Waals surface area contributed by atoms with Crippen molar-refractivity contribution >= 4 is 29.6 Å². The van der Waals surface area contributed by atoms with Gasteiger partial charge in [0, 0.05) is 0 Å². The zero-order valence-corrected chi connectivity index (χ0v) is 19.9. The molecule has 0 rings (SSSR count). The zero-order valence-electron chi connectivity index (χ0n) is 19.9. The average molecular weight is 473 g/mol. The lowest BCUT2D eigenvalue weighted by atomic mass is 9.97. The van der Waals surface area contributed by atoms with Crippen molar-refractivity contribution in [3.05, 3.63) is 0 Å². The van der Waals surface area contributed by atoms with Gasteiger partial charge in [0.1, 0.15) is 18.1 Å². The lowest BCUT2D eigenvalue weighted by Gasteiger charge is -2.28. The molecule has 0 aromatic heterocycles. The van der Waals surface area contributed by atoms with E-state index in [4.69, 9.17) is 17.2 Å². The summed E-state index contributed by atoms with van der Waals surface area (Å²) in [6.45, 7) is 7.32. The minimum atomic E-state index is -1.22. The Bertz CT molecular complexity index is 686. The summed E-state index contributed by atoms with van der Waals surface area (Å²) in [6.07, 6.45) is 1.52. The van der Waals surface area contributed by atoms with Gasteiger partial charge in [-0.1, -0.05) is 34.1 Å². The monoisotopic (exact) mass is 472 g/mol. The lowest BCUT2D eigenvalue weighted by Crippen LogP contribution is -2.59. The fourth-order valence-electron chi connectivity index (χ4n) is 3.06. The van der Waals surface area contributed by atoms with Gasteiger partial charge in [0.05, 0.1) is 12.5 Å². The fourth-order valence-corrected chi connectivity index (χ4v) is 3.06. The van der Waals surface area contributed by atoms with Gasteiger partial charge in [0.25, 0.3) is 0 Å². The molecule has 190 valence electrons. The van der Waals surface area contributed by atoms with E-state index in [0.29, 0.717) is 25.8 Å². The van der Waals surface area contributed by atoms with Gasteiger partial charge in [-0.05, 0) is 37.6 Å². The number of nitrogens with one attached hydrogen (secondary N) is 3. The Labute approximate surface area is 194 Å². The Hall–Kier alpha value is -2.73. The molecule has 0 aliphatic rings. The van der Waals surface area contributed by atoms with Gasteiger partial charge >= 0.3 is 5.97 Å². The standard InChI is InChI=1S/C21H40N6O6/c1-5-12(4)17(21(32)33)27-20(31)16(11(2)3)26-19(30)14(8-6-7-9-22)25-18(29)13(23)10-15(24)28/h11-14,16-17H,5-10,22-23H2,1-4H3,(H2,24,28)(H,25,29)(H,26,30)(H,27,31)(H,32,33). The third-order valence-corrected chi connectivity index (χ3v) is 5.36. The van der Waals surface area contributed by atoms with Crippen LogP contribution in [-0.2, 0) is 24.0 Å². The van der Waals surface area contributed by atoms with Crippen molar-refractivity contribution in [1.29, 1.82) is 0 Å². The third-order valence-electron chi connectivity index (χ3n) is 5.36. The van der Waals surface area contributed by atoms with Crippen molar-refractivity contribution in [1.82, 2.24) is 16.0 Å². The number of carbonyl (C=O) groups is 5. The van der Waals surface area contributed by atoms with Gasteiger partial charge < -0.3 is 38.3 Å². The van der Waals surface area contributed by atoms with Crippen LogP contribution in [0, 0.1) is 11.8 Å². The van der Waals surface area contributed by atoms with E-state index in [1.165, 1.54) is 0 Å². The van der Waals surface area contributed by atoms with Crippen LogP contribution >= 0.6 is 0 Å². The second kappa shape index (κ2) is 15.2. The molecule has 0 radical (unpaired) electrons. The minimum Gasteiger partial charge on any atom is -0.480 e. The molecule has 12 nitrogen and oxygen atoms in total. The van der Waals surface area contributed by atoms with E-state index in [-0.39, 0.29) is 24.7 Å². The number of hydrogen-bond acceptors (Lipinski definition) is 7. The van der Waals surface area contributed by atoms with Crippen LogP contribution in [0.4, 0.5) is 0 Å². The van der Waals surface area contributed by atoms with E-state index in [1.807, 2.05) is 6.92 Å². The van der Waals surface area contributed by atoms with E-state index in [9.17, 15) is 29.1 Å². The SMILES string of the molecule is CCC(C)C(NC(=O)C(NC(=O)C(CCCCN)NC(=O)C(N)CC(N)=O)C(C)C)C(=O)O. The van der Waals surface area contributed by atoms with Crippen LogP contribution in [0.25, 0.3) is 0 Å². The second-order valence-corrected chi connectivity index (χ2v) is 8.56. The number of carboxylic acid groups (broad SMARTS) is 1. The number of carbonyl (C=O) groups excluding carboxylic acids is 4. The molecule has 0 aromatic rings. The zero-order chi connectivity index (χ0) is 25.7. The summed E-state index contributed by atoms with van der Waals surface area (Å²) in [4.78, 5) is 60.7. The number of nitrogens with two attached hydrogens (primary N) is 3. The molecule has 0 saturated heterocycles. The van der Waals surface area contributed by atoms with Crippen LogP contribution in [0.3, 0.4) is 0 Å². The maximum Gasteiger partial charge on any atom is 0.326 e. The average Bonchev–Trinajstić information content (AvgIpc) is 2.73. The molecule has 0 aliphatic heterocycles. The molecular formula is C21H40N6O6. The Kier molecular flexibility index (Phi) is 13.9. The van der Waals surface area contributed by atoms with Gasteiger partial charge in [-0.25, -0.2) is 4.79 Å². The van der Waals surface area contributed by atoms with Crippen LogP contribution in [0.2, 0.25) is 0 Å². The first-order valence-corrected chi connectivity index (χ1v) is 11.2. The molecule has 0 bridgehead atoms. The van der Waals surface area contributed by atoms with Crippen LogP contribution in [0.1, 0.15) is 59.8 Å². The summed E-state index contributed by atoms with van der Waals surface area (Å²) >= 11 is 0. The molecule has 0 spiro atoms. The summed E-state index contributed by atoms with van der Waals surface area (Å²) < 4.78 is 0. The number of hydrogen-bond donors (Lipinski definition) is 7. The molecule has 0 saturated carbocycles. The molecular weight excluding hydrogens is 432 g/mol. The Morgan fingerprint density at radius 3 is 1.91 bits per heavy atom. The molecule has 4 amide bonds. The van der Waals surface area contributed by atoms with Crippen LogP contribution in [0.5, 0.6) is 0 Å². The summed E-state index contributed by atoms with van der Waals surface area (Å²) in [6, 6.07) is -4.38. The molecule has 10 N–H and O–H groups in total. The lowest BCUT2D eigenvalue weighted by molar-refractivity contribution is -0.144. The Morgan fingerprint density at radius 2 is 1.45 bits per heavy atom. The fraction of sp³-hybridized carbons (Fsp3) is 0.762. The summed E-state index contributed by atoms with van der Waals surface area (Å²) in [5, 5.41) is 17.0. The van der Waals surface area contributed by atoms with Gasteiger partial charge in [-0.3, -0.25) is 19.2 Å². The van der Waals surface area contributed by atoms with E-state index in [1.54, 1.807) is 20.8 Å². The Balaban J connectivity index is 5.48. The molecule has 0 fully saturated rings. The number of carboxylic acids is 1. The van der Waals surface area contributed by atoms with Crippen LogP contribution in [-0.4, -0.2) is 65.4 Å². The van der Waals surface area contributed by atoms with Gasteiger partial charge in [0.15, 0.2) is 0 Å². The van der Waals surface area contributed by atoms with Crippen molar-refractivity contribution in [3.8, 4) is 0 Å². The van der Waals surface area contributed by atoms with E-state index in [0.717, 1.165) is 0 Å². The summed E-state index contributed by atoms with van der Waals surface area (Å²) in [5.41, 5.74) is 16.2. The summed E-state index contributed by atoms with van der Waals surface area (Å²) in [5.74, 6) is -4.59. The highest BCUT2D eigenvalue weighted by Gasteiger charge is 2.33. The maximum atomic E-state index is 13.0. The Morgan fingerprint density at radius 1 is 0.879 bits per heavy atom. The molecule has 0 aromatic carbocycles. The topological polar surface area (TPSA) is 220 Å². The highest BCUT2D eigenvalue weighted by molar-refractivity contribution is 5.95. The van der Waals surface area contributed by atoms with E-state index >= 15 is 0 Å². The number of amides is 4. The predicted octanol–water partition coefficient (Wildman–Crippen LogP) is -1.44. The molecule has 0 heterocycles. The third kappa shape index (κ3) is 11.1. The number of aliphatic carboxylic acids is 1. The van der Waals surface area contributed by atoms with Crippen molar-refractivity contribution < 1.29 is 29.1 Å². The second-order valence-electron chi connectivity index (χ2n) is 8.56. The van der Waals surface area contributed by atoms with E-state index in [2.05, 4.69) is 16.0 Å². The first kappa shape index (κ1) is 30.3. The minimum absolute atomic E-state index is 0.231. The number of unbranched alkanes of at least 4 members (excludes halogenated alkanes) is 1. The smallest absolute Gasteiger partial charge is 0.326 e. The summed E-state index contributed by atoms with van der Waals surface area (Å²) in [7, 11) is 0.